The minimum atomic E-state index is -0.176. The van der Waals surface area contributed by atoms with Gasteiger partial charge in [0.05, 0.1) is 15.7 Å². The number of rotatable bonds is 4. The summed E-state index contributed by atoms with van der Waals surface area (Å²) in [6.45, 7) is 2.41. The van der Waals surface area contributed by atoms with Gasteiger partial charge < -0.3 is 15.8 Å². The number of carbonyl (C=O) groups excluding carboxylic acids is 1. The molecule has 0 heterocycles. The lowest BCUT2D eigenvalue weighted by molar-refractivity contribution is 0.0956. The Bertz CT molecular complexity index is 675. The summed E-state index contributed by atoms with van der Waals surface area (Å²) in [5, 5.41) is 3.55. The zero-order valence-corrected chi connectivity index (χ0v) is 12.8. The van der Waals surface area contributed by atoms with E-state index < -0.39 is 0 Å². The normalized spacial score (nSPS) is 10.2. The van der Waals surface area contributed by atoms with Gasteiger partial charge in [0.25, 0.3) is 5.91 Å². The average molecular weight is 325 g/mol. The second-order valence-corrected chi connectivity index (χ2v) is 5.10. The van der Waals surface area contributed by atoms with Crippen LogP contribution >= 0.6 is 23.2 Å². The predicted octanol–water partition coefficient (Wildman–Crippen LogP) is 4.12. The Balaban J connectivity index is 2.21. The molecule has 21 heavy (non-hydrogen) atoms. The molecule has 0 aliphatic heterocycles. The molecule has 110 valence electrons. The maximum Gasteiger partial charge on any atom is 0.251 e. The van der Waals surface area contributed by atoms with E-state index in [-0.39, 0.29) is 5.91 Å². The third kappa shape index (κ3) is 3.80. The van der Waals surface area contributed by atoms with Gasteiger partial charge in [0.1, 0.15) is 11.5 Å². The highest BCUT2D eigenvalue weighted by atomic mass is 35.5. The van der Waals surface area contributed by atoms with E-state index in [1.807, 2.05) is 6.92 Å². The molecule has 0 aromatic heterocycles. The molecule has 2 aromatic carbocycles. The number of nitrogens with one attached hydrogen (secondary N) is 1. The number of hydrogen-bond donors (Lipinski definition) is 2. The first kappa shape index (κ1) is 15.5. The van der Waals surface area contributed by atoms with E-state index in [2.05, 4.69) is 5.32 Å². The molecule has 0 saturated carbocycles. The number of anilines is 1. The van der Waals surface area contributed by atoms with Gasteiger partial charge in [-0.05, 0) is 37.3 Å². The first-order chi connectivity index (χ1) is 10.0. The zero-order valence-electron chi connectivity index (χ0n) is 11.3. The van der Waals surface area contributed by atoms with E-state index >= 15 is 0 Å². The van der Waals surface area contributed by atoms with E-state index in [4.69, 9.17) is 33.7 Å². The maximum atomic E-state index is 11.7. The van der Waals surface area contributed by atoms with Crippen LogP contribution in [0, 0.1) is 0 Å². The third-order valence-electron chi connectivity index (χ3n) is 2.73. The Morgan fingerprint density at radius 3 is 2.57 bits per heavy atom. The Kier molecular flexibility index (Phi) is 4.94. The molecule has 6 heteroatoms. The molecule has 0 atom stereocenters. The van der Waals surface area contributed by atoms with Gasteiger partial charge in [0, 0.05) is 18.2 Å². The van der Waals surface area contributed by atoms with Crippen LogP contribution in [0.3, 0.4) is 0 Å². The topological polar surface area (TPSA) is 64.3 Å². The highest BCUT2D eigenvalue weighted by Gasteiger charge is 2.09. The van der Waals surface area contributed by atoms with Crippen molar-refractivity contribution in [3.05, 3.63) is 52.0 Å². The van der Waals surface area contributed by atoms with Crippen molar-refractivity contribution < 1.29 is 9.53 Å². The van der Waals surface area contributed by atoms with E-state index in [1.165, 1.54) is 0 Å². The average Bonchev–Trinajstić information content (AvgIpc) is 2.45. The minimum absolute atomic E-state index is 0.176. The summed E-state index contributed by atoms with van der Waals surface area (Å²) in [6, 6.07) is 9.78. The Morgan fingerprint density at radius 1 is 1.19 bits per heavy atom. The molecule has 0 aliphatic carbocycles. The second kappa shape index (κ2) is 6.70. The molecule has 2 rings (SSSR count). The van der Waals surface area contributed by atoms with E-state index in [0.29, 0.717) is 39.3 Å². The molecule has 0 bridgehead atoms. The summed E-state index contributed by atoms with van der Waals surface area (Å²) >= 11 is 11.8. The van der Waals surface area contributed by atoms with Crippen LogP contribution in [-0.2, 0) is 0 Å². The van der Waals surface area contributed by atoms with Crippen molar-refractivity contribution in [2.24, 2.45) is 0 Å². The van der Waals surface area contributed by atoms with Crippen molar-refractivity contribution in [1.82, 2.24) is 5.32 Å². The molecule has 0 saturated heterocycles. The van der Waals surface area contributed by atoms with Gasteiger partial charge in [0.2, 0.25) is 0 Å². The number of halogens is 2. The summed E-state index contributed by atoms with van der Waals surface area (Å²) in [4.78, 5) is 11.7. The van der Waals surface area contributed by atoms with Gasteiger partial charge in [-0.1, -0.05) is 23.2 Å². The summed E-state index contributed by atoms with van der Waals surface area (Å²) in [5.41, 5.74) is 6.75. The lowest BCUT2D eigenvalue weighted by atomic mass is 10.1. The number of nitrogen functional groups attached to an aromatic ring is 1. The second-order valence-electron chi connectivity index (χ2n) is 4.29. The van der Waals surface area contributed by atoms with Crippen molar-refractivity contribution in [1.29, 1.82) is 0 Å². The van der Waals surface area contributed by atoms with Crippen molar-refractivity contribution in [3.8, 4) is 11.5 Å². The number of nitrogens with two attached hydrogens (primary N) is 1. The molecule has 0 radical (unpaired) electrons. The lowest BCUT2D eigenvalue weighted by Gasteiger charge is -2.10. The molecule has 0 spiro atoms. The van der Waals surface area contributed by atoms with Crippen molar-refractivity contribution in [3.63, 3.8) is 0 Å². The van der Waals surface area contributed by atoms with Gasteiger partial charge in [-0.25, -0.2) is 0 Å². The Hall–Kier alpha value is -1.91. The predicted molar refractivity (Wildman–Crippen MR) is 85.4 cm³/mol. The highest BCUT2D eigenvalue weighted by molar-refractivity contribution is 6.42. The molecule has 4 nitrogen and oxygen atoms in total. The molecule has 3 N–H and O–H groups in total. The van der Waals surface area contributed by atoms with Crippen LogP contribution < -0.4 is 15.8 Å². The molecular formula is C15H14Cl2N2O2. The van der Waals surface area contributed by atoms with Crippen LogP contribution in [0.2, 0.25) is 10.0 Å². The standard InChI is InChI=1S/C15H14Cl2N2O2/c1-2-19-15(20)9-3-6-14(13(18)7-9)21-10-4-5-11(16)12(17)8-10/h3-8H,2,18H2,1H3,(H,19,20). The fourth-order valence-electron chi connectivity index (χ4n) is 1.71. The van der Waals surface area contributed by atoms with Crippen LogP contribution in [0.25, 0.3) is 0 Å². The molecule has 0 unspecified atom stereocenters. The first-order valence-electron chi connectivity index (χ1n) is 6.32. The number of benzene rings is 2. The van der Waals surface area contributed by atoms with Crippen LogP contribution in [0.4, 0.5) is 5.69 Å². The largest absolute Gasteiger partial charge is 0.455 e. The summed E-state index contributed by atoms with van der Waals surface area (Å²) in [5.74, 6) is 0.786. The smallest absolute Gasteiger partial charge is 0.251 e. The Labute approximate surface area is 132 Å². The SMILES string of the molecule is CCNC(=O)c1ccc(Oc2ccc(Cl)c(Cl)c2)c(N)c1. The van der Waals surface area contributed by atoms with Crippen LogP contribution in [0.5, 0.6) is 11.5 Å². The van der Waals surface area contributed by atoms with Crippen molar-refractivity contribution >= 4 is 34.8 Å². The molecular weight excluding hydrogens is 311 g/mol. The van der Waals surface area contributed by atoms with Gasteiger partial charge >= 0.3 is 0 Å². The van der Waals surface area contributed by atoms with Gasteiger partial charge in [0.15, 0.2) is 0 Å². The van der Waals surface area contributed by atoms with Crippen molar-refractivity contribution in [2.45, 2.75) is 6.92 Å². The molecule has 1 amide bonds. The Morgan fingerprint density at radius 2 is 1.95 bits per heavy atom. The lowest BCUT2D eigenvalue weighted by Crippen LogP contribution is -2.22. The first-order valence-corrected chi connectivity index (χ1v) is 7.07. The van der Waals surface area contributed by atoms with Crippen LogP contribution in [0.15, 0.2) is 36.4 Å². The van der Waals surface area contributed by atoms with Gasteiger partial charge in [-0.3, -0.25) is 4.79 Å². The molecule has 0 fully saturated rings. The maximum absolute atomic E-state index is 11.7. The van der Waals surface area contributed by atoms with Crippen LogP contribution in [0.1, 0.15) is 17.3 Å². The fraction of sp³-hybridized carbons (Fsp3) is 0.133. The molecule has 2 aromatic rings. The number of carbonyl (C=O) groups is 1. The summed E-state index contributed by atoms with van der Waals surface area (Å²) in [7, 11) is 0. The molecule has 0 aliphatic rings. The van der Waals surface area contributed by atoms with Crippen molar-refractivity contribution in [2.75, 3.05) is 12.3 Å². The number of ether oxygens (including phenoxy) is 1. The minimum Gasteiger partial charge on any atom is -0.455 e. The third-order valence-corrected chi connectivity index (χ3v) is 3.47. The quantitative estimate of drug-likeness (QED) is 0.831. The van der Waals surface area contributed by atoms with E-state index in [1.54, 1.807) is 36.4 Å². The van der Waals surface area contributed by atoms with Gasteiger partial charge in [-0.2, -0.15) is 0 Å². The monoisotopic (exact) mass is 324 g/mol. The van der Waals surface area contributed by atoms with E-state index in [0.717, 1.165) is 0 Å². The summed E-state index contributed by atoms with van der Waals surface area (Å²) < 4.78 is 5.64. The van der Waals surface area contributed by atoms with Crippen LogP contribution in [-0.4, -0.2) is 12.5 Å². The number of amides is 1. The highest BCUT2D eigenvalue weighted by Crippen LogP contribution is 2.32. The fourth-order valence-corrected chi connectivity index (χ4v) is 2.00. The zero-order chi connectivity index (χ0) is 15.4. The number of hydrogen-bond acceptors (Lipinski definition) is 3. The summed E-state index contributed by atoms with van der Waals surface area (Å²) in [6.07, 6.45) is 0. The van der Waals surface area contributed by atoms with E-state index in [9.17, 15) is 4.79 Å². The van der Waals surface area contributed by atoms with Gasteiger partial charge in [-0.15, -0.1) is 0 Å².